The number of rotatable bonds is 4. The van der Waals surface area contributed by atoms with Crippen LogP contribution in [-0.2, 0) is 4.79 Å². The van der Waals surface area contributed by atoms with Crippen LogP contribution in [0.3, 0.4) is 0 Å². The molecule has 0 atom stereocenters. The number of hydrogen-bond acceptors (Lipinski definition) is 5. The Morgan fingerprint density at radius 2 is 1.90 bits per heavy atom. The predicted octanol–water partition coefficient (Wildman–Crippen LogP) is 2.05. The highest BCUT2D eigenvalue weighted by molar-refractivity contribution is 7.18. The summed E-state index contributed by atoms with van der Waals surface area (Å²) in [5.41, 5.74) is 0.288. The van der Waals surface area contributed by atoms with E-state index in [4.69, 9.17) is 5.11 Å². The van der Waals surface area contributed by atoms with Crippen molar-refractivity contribution in [2.45, 2.75) is 6.92 Å². The van der Waals surface area contributed by atoms with Gasteiger partial charge in [-0.3, -0.25) is 9.59 Å². The second-order valence-corrected chi connectivity index (χ2v) is 5.12. The number of carboxylic acid groups (broad SMARTS) is 1. The summed E-state index contributed by atoms with van der Waals surface area (Å²) in [4.78, 5) is 37.7. The van der Waals surface area contributed by atoms with Crippen molar-refractivity contribution in [2.24, 2.45) is 0 Å². The van der Waals surface area contributed by atoms with Crippen LogP contribution in [0.5, 0.6) is 0 Å². The first-order valence-corrected chi connectivity index (χ1v) is 6.65. The Morgan fingerprint density at radius 3 is 2.48 bits per heavy atom. The molecule has 21 heavy (non-hydrogen) atoms. The van der Waals surface area contributed by atoms with Gasteiger partial charge in [-0.15, -0.1) is 11.3 Å². The molecule has 2 aromatic heterocycles. The monoisotopic (exact) mass is 305 g/mol. The van der Waals surface area contributed by atoms with E-state index in [2.05, 4.69) is 15.6 Å². The number of carbonyl (C=O) groups excluding carboxylic acids is 2. The molecular weight excluding hydrogens is 294 g/mol. The smallest absolute Gasteiger partial charge is 0.354 e. The van der Waals surface area contributed by atoms with Crippen molar-refractivity contribution in [3.63, 3.8) is 0 Å². The first-order chi connectivity index (χ1) is 9.95. The predicted molar refractivity (Wildman–Crippen MR) is 77.8 cm³/mol. The van der Waals surface area contributed by atoms with Crippen LogP contribution in [0.25, 0.3) is 0 Å². The molecule has 7 nitrogen and oxygen atoms in total. The summed E-state index contributed by atoms with van der Waals surface area (Å²) in [6.45, 7) is 1.38. The standard InChI is InChI=1S/C13H11N3O4S/c1-7(17)15-11-5-4-10(21-11)12(18)16-8-2-3-9(13(19)20)14-6-8/h2-6H,1H3,(H,15,17)(H,16,18)(H,19,20). The fourth-order valence-corrected chi connectivity index (χ4v) is 2.34. The highest BCUT2D eigenvalue weighted by Crippen LogP contribution is 2.22. The van der Waals surface area contributed by atoms with E-state index in [1.807, 2.05) is 0 Å². The maximum atomic E-state index is 12.0. The molecule has 0 unspecified atom stereocenters. The van der Waals surface area contributed by atoms with Gasteiger partial charge >= 0.3 is 5.97 Å². The van der Waals surface area contributed by atoms with Crippen molar-refractivity contribution >= 4 is 39.8 Å². The van der Waals surface area contributed by atoms with E-state index in [-0.39, 0.29) is 17.5 Å². The second-order valence-electron chi connectivity index (χ2n) is 4.04. The molecule has 2 aromatic rings. The van der Waals surface area contributed by atoms with Gasteiger partial charge in [-0.05, 0) is 24.3 Å². The fraction of sp³-hybridized carbons (Fsp3) is 0.0769. The van der Waals surface area contributed by atoms with Crippen molar-refractivity contribution in [2.75, 3.05) is 10.6 Å². The van der Waals surface area contributed by atoms with Crippen LogP contribution in [0.15, 0.2) is 30.5 Å². The lowest BCUT2D eigenvalue weighted by molar-refractivity contribution is -0.114. The second kappa shape index (κ2) is 6.14. The van der Waals surface area contributed by atoms with Crippen LogP contribution in [-0.4, -0.2) is 27.9 Å². The maximum absolute atomic E-state index is 12.0. The Morgan fingerprint density at radius 1 is 1.14 bits per heavy atom. The molecule has 0 saturated carbocycles. The first kappa shape index (κ1) is 14.7. The Kier molecular flexibility index (Phi) is 4.29. The number of pyridine rings is 1. The first-order valence-electron chi connectivity index (χ1n) is 5.84. The molecule has 2 amide bonds. The molecule has 0 aliphatic carbocycles. The number of aromatic nitrogens is 1. The lowest BCUT2D eigenvalue weighted by atomic mass is 10.3. The van der Waals surface area contributed by atoms with Crippen LogP contribution >= 0.6 is 11.3 Å². The zero-order chi connectivity index (χ0) is 15.4. The number of anilines is 2. The minimum absolute atomic E-state index is 0.0999. The quantitative estimate of drug-likeness (QED) is 0.801. The molecule has 3 N–H and O–H groups in total. The van der Waals surface area contributed by atoms with E-state index in [1.165, 1.54) is 25.3 Å². The zero-order valence-electron chi connectivity index (χ0n) is 10.9. The Balaban J connectivity index is 2.05. The molecule has 2 heterocycles. The number of thiophene rings is 1. The van der Waals surface area contributed by atoms with Gasteiger partial charge in [-0.2, -0.15) is 0 Å². The number of carbonyl (C=O) groups is 3. The lowest BCUT2D eigenvalue weighted by Crippen LogP contribution is -2.11. The molecule has 8 heteroatoms. The van der Waals surface area contributed by atoms with E-state index < -0.39 is 5.97 Å². The molecule has 2 rings (SSSR count). The molecule has 0 fully saturated rings. The molecule has 108 valence electrons. The zero-order valence-corrected chi connectivity index (χ0v) is 11.7. The highest BCUT2D eigenvalue weighted by atomic mass is 32.1. The molecule has 0 aromatic carbocycles. The molecular formula is C13H11N3O4S. The van der Waals surface area contributed by atoms with Gasteiger partial charge in [0.1, 0.15) is 5.69 Å². The van der Waals surface area contributed by atoms with Gasteiger partial charge in [0.2, 0.25) is 5.91 Å². The van der Waals surface area contributed by atoms with E-state index in [1.54, 1.807) is 12.1 Å². The van der Waals surface area contributed by atoms with Gasteiger partial charge in [0.05, 0.1) is 21.8 Å². The number of nitrogens with one attached hydrogen (secondary N) is 2. The third-order valence-electron chi connectivity index (χ3n) is 2.37. The highest BCUT2D eigenvalue weighted by Gasteiger charge is 2.11. The van der Waals surface area contributed by atoms with E-state index >= 15 is 0 Å². The third kappa shape index (κ3) is 3.86. The minimum atomic E-state index is -1.13. The Labute approximate surface area is 123 Å². The normalized spacial score (nSPS) is 9.95. The van der Waals surface area contributed by atoms with Crippen molar-refractivity contribution < 1.29 is 19.5 Å². The van der Waals surface area contributed by atoms with Crippen LogP contribution in [0.1, 0.15) is 27.1 Å². The third-order valence-corrected chi connectivity index (χ3v) is 3.37. The van der Waals surface area contributed by atoms with Crippen LogP contribution in [0.2, 0.25) is 0 Å². The van der Waals surface area contributed by atoms with Gasteiger partial charge in [0.25, 0.3) is 5.91 Å². The number of aromatic carboxylic acids is 1. The fourth-order valence-electron chi connectivity index (χ4n) is 1.49. The summed E-state index contributed by atoms with van der Waals surface area (Å²) in [6.07, 6.45) is 1.27. The lowest BCUT2D eigenvalue weighted by Gasteiger charge is -2.03. The summed E-state index contributed by atoms with van der Waals surface area (Å²) in [5, 5.41) is 14.5. The average molecular weight is 305 g/mol. The molecule has 0 bridgehead atoms. The molecule has 0 spiro atoms. The summed E-state index contributed by atoms with van der Waals surface area (Å²) in [7, 11) is 0. The Bertz CT molecular complexity index is 694. The van der Waals surface area contributed by atoms with Crippen molar-refractivity contribution in [3.8, 4) is 0 Å². The van der Waals surface area contributed by atoms with E-state index in [9.17, 15) is 14.4 Å². The topological polar surface area (TPSA) is 108 Å². The number of hydrogen-bond donors (Lipinski definition) is 3. The van der Waals surface area contributed by atoms with Gasteiger partial charge in [-0.1, -0.05) is 0 Å². The minimum Gasteiger partial charge on any atom is -0.477 e. The van der Waals surface area contributed by atoms with Crippen LogP contribution in [0, 0.1) is 0 Å². The van der Waals surface area contributed by atoms with Crippen LogP contribution < -0.4 is 10.6 Å². The average Bonchev–Trinajstić information content (AvgIpc) is 2.87. The number of amides is 2. The Hall–Kier alpha value is -2.74. The molecule has 0 aliphatic rings. The van der Waals surface area contributed by atoms with Crippen LogP contribution in [0.4, 0.5) is 10.7 Å². The largest absolute Gasteiger partial charge is 0.477 e. The molecule has 0 aliphatic heterocycles. The van der Waals surface area contributed by atoms with Crippen molar-refractivity contribution in [1.82, 2.24) is 4.98 Å². The van der Waals surface area contributed by atoms with Crippen molar-refractivity contribution in [1.29, 1.82) is 0 Å². The summed E-state index contributed by atoms with van der Waals surface area (Å²) in [6, 6.07) is 5.98. The van der Waals surface area contributed by atoms with Gasteiger partial charge < -0.3 is 15.7 Å². The van der Waals surface area contributed by atoms with Gasteiger partial charge in [0.15, 0.2) is 0 Å². The molecule has 0 saturated heterocycles. The SMILES string of the molecule is CC(=O)Nc1ccc(C(=O)Nc2ccc(C(=O)O)nc2)s1. The summed E-state index contributed by atoms with van der Waals surface area (Å²) < 4.78 is 0. The maximum Gasteiger partial charge on any atom is 0.354 e. The van der Waals surface area contributed by atoms with Crippen molar-refractivity contribution in [3.05, 3.63) is 41.0 Å². The van der Waals surface area contributed by atoms with E-state index in [0.29, 0.717) is 15.6 Å². The van der Waals surface area contributed by atoms with E-state index in [0.717, 1.165) is 11.3 Å². The number of carboxylic acids is 1. The van der Waals surface area contributed by atoms with Gasteiger partial charge in [-0.25, -0.2) is 9.78 Å². The molecule has 0 radical (unpaired) electrons. The summed E-state index contributed by atoms with van der Waals surface area (Å²) in [5.74, 6) is -1.70. The number of nitrogens with zero attached hydrogens (tertiary/aromatic N) is 1. The summed E-state index contributed by atoms with van der Waals surface area (Å²) >= 11 is 1.14. The van der Waals surface area contributed by atoms with Gasteiger partial charge in [0, 0.05) is 6.92 Å².